The Balaban J connectivity index is 0. The summed E-state index contributed by atoms with van der Waals surface area (Å²) in [6, 6.07) is 24.1. The molecule has 4 atom stereocenters. The molecule has 5 N–H and O–H groups in total. The molecule has 3 fully saturated rings. The zero-order valence-corrected chi connectivity index (χ0v) is 59.6. The molecule has 478 valence electrons. The molecule has 0 aliphatic heterocycles. The van der Waals surface area contributed by atoms with E-state index in [1.807, 2.05) is 131 Å². The van der Waals surface area contributed by atoms with E-state index in [1.165, 1.54) is 50.7 Å². The second-order valence-electron chi connectivity index (χ2n) is 26.0. The van der Waals surface area contributed by atoms with Crippen LogP contribution < -0.4 is 20.2 Å². The zero-order chi connectivity index (χ0) is 61.4. The molecule has 8 rings (SSSR count). The molecular formula is C66H105BrF2MgN8O4S3Si. The van der Waals surface area contributed by atoms with Gasteiger partial charge in [0.05, 0.1) is 53.2 Å². The number of carbonyl (C=O) groups excluding carboxylic acids is 1. The van der Waals surface area contributed by atoms with Gasteiger partial charge >= 0.3 is 23.1 Å². The standard InChI is InChI=1S/C22H30FN3OS.C16H24N2OS.C12H15NO.C10H15FNSi.C4H11NOS.2CH4.BrH.Mg.H/c1-15-13-18(10-12-25-15)22(11-9-16-5-6-16,26-28(27)21(2,3)4)17-7-8-19(23)20(24)14-17;1-12-11-14(9-10-17-12)15(8-7-13-5-6-13)18-20(19)16(2,3)4;1-9-8-11(6-7-13-9)12(14)5-4-10-2-3-10;1-12(13(2,3)4)10-8-6-5-7-9(10)11;1-4(2,3)7(5)6;;;;;/h7-8,10,12-14,16,26H,5-6,9,11,24H2,1-4H3;9-11,13H,5-8H2,1-4H3;6-8,10H,2-5H2,1H3;5,7-8H,1-4H3;5H2,1-3H3;2*1H4;1H;;/q;;;-1;;;;;+2;-1/t;;;;7-;;;;;/m....1...../s1. The van der Waals surface area contributed by atoms with Crippen molar-refractivity contribution in [1.29, 1.82) is 0 Å². The summed E-state index contributed by atoms with van der Waals surface area (Å²) in [4.78, 5) is 24.3. The van der Waals surface area contributed by atoms with Gasteiger partial charge in [0, 0.05) is 59.0 Å². The first-order valence-corrected chi connectivity index (χ1v) is 35.6. The molecule has 0 radical (unpaired) electrons. The third-order valence-electron chi connectivity index (χ3n) is 14.2. The number of anilines is 2. The average molecular weight is 1340 g/mol. The van der Waals surface area contributed by atoms with Crippen LogP contribution in [0, 0.1) is 56.2 Å². The van der Waals surface area contributed by atoms with E-state index in [-0.39, 0.29) is 83.1 Å². The fourth-order valence-electron chi connectivity index (χ4n) is 7.96. The molecule has 0 saturated heterocycles. The molecule has 5 aromatic rings. The van der Waals surface area contributed by atoms with Gasteiger partial charge in [0.2, 0.25) is 0 Å². The number of nitrogen functional groups attached to an aromatic ring is 1. The van der Waals surface area contributed by atoms with Crippen LogP contribution in [0.3, 0.4) is 0 Å². The summed E-state index contributed by atoms with van der Waals surface area (Å²) in [5.41, 5.74) is 13.4. The van der Waals surface area contributed by atoms with Crippen LogP contribution in [0.25, 0.3) is 0 Å². The maximum Gasteiger partial charge on any atom is 2.00 e. The fourth-order valence-corrected chi connectivity index (χ4v) is 10.5. The maximum absolute atomic E-state index is 13.9. The van der Waals surface area contributed by atoms with E-state index in [4.69, 9.17) is 10.9 Å². The number of nitrogens with one attached hydrogen (secondary N) is 1. The molecule has 3 saturated carbocycles. The number of carbonyl (C=O) groups is 1. The van der Waals surface area contributed by atoms with E-state index in [0.29, 0.717) is 18.0 Å². The van der Waals surface area contributed by atoms with Gasteiger partial charge in [0.25, 0.3) is 0 Å². The summed E-state index contributed by atoms with van der Waals surface area (Å²) in [5, 5.41) is 5.04. The maximum atomic E-state index is 13.9. The number of benzene rings is 2. The Morgan fingerprint density at radius 2 is 1.16 bits per heavy atom. The Morgan fingerprint density at radius 1 is 0.698 bits per heavy atom. The van der Waals surface area contributed by atoms with Crippen molar-refractivity contribution in [2.45, 2.75) is 214 Å². The van der Waals surface area contributed by atoms with Crippen molar-refractivity contribution in [3.8, 4) is 0 Å². The summed E-state index contributed by atoms with van der Waals surface area (Å²) >= 11 is 0. The number of aromatic nitrogens is 3. The predicted molar refractivity (Wildman–Crippen MR) is 374 cm³/mol. The second kappa shape index (κ2) is 37.0. The first kappa shape index (κ1) is 82.5. The van der Waals surface area contributed by atoms with E-state index < -0.39 is 57.3 Å². The molecule has 3 unspecified atom stereocenters. The number of hydrogen-bond acceptors (Lipinski definition) is 9. The Bertz CT molecular complexity index is 3000. The topological polar surface area (TPSA) is 187 Å². The monoisotopic (exact) mass is 1340 g/mol. The van der Waals surface area contributed by atoms with Gasteiger partial charge in [-0.05, 0) is 205 Å². The van der Waals surface area contributed by atoms with Gasteiger partial charge in [0.15, 0.2) is 5.78 Å². The second-order valence-corrected chi connectivity index (χ2v) is 36.7. The minimum atomic E-state index is -1.46. The Labute approximate surface area is 554 Å². The number of aryl methyl sites for hydroxylation is 3. The van der Waals surface area contributed by atoms with Crippen LogP contribution in [0.1, 0.15) is 200 Å². The molecule has 0 amide bonds. The number of pyridine rings is 3. The quantitative estimate of drug-likeness (QED) is 0.0252. The van der Waals surface area contributed by atoms with Gasteiger partial charge in [0.1, 0.15) is 25.0 Å². The van der Waals surface area contributed by atoms with Crippen molar-refractivity contribution in [2.75, 3.05) is 17.3 Å². The average Bonchev–Trinajstić information content (AvgIpc) is 2.65. The van der Waals surface area contributed by atoms with Crippen molar-refractivity contribution >= 4 is 104 Å². The van der Waals surface area contributed by atoms with Crippen LogP contribution >= 0.6 is 17.0 Å². The van der Waals surface area contributed by atoms with Gasteiger partial charge in [-0.3, -0.25) is 24.9 Å². The van der Waals surface area contributed by atoms with Gasteiger partial charge in [-0.25, -0.2) is 26.1 Å². The summed E-state index contributed by atoms with van der Waals surface area (Å²) in [5.74, 6) is 2.05. The smallest absolute Gasteiger partial charge is 1.00 e. The van der Waals surface area contributed by atoms with Gasteiger partial charge in [-0.15, -0.1) is 23.0 Å². The largest absolute Gasteiger partial charge is 2.00 e. The first-order valence-electron chi connectivity index (χ1n) is 28.7. The number of rotatable bonds is 18. The third-order valence-corrected chi connectivity index (χ3v) is 20.8. The Morgan fingerprint density at radius 3 is 1.60 bits per heavy atom. The molecule has 3 heterocycles. The van der Waals surface area contributed by atoms with Gasteiger partial charge < -0.3 is 11.7 Å². The van der Waals surface area contributed by atoms with Crippen molar-refractivity contribution in [2.24, 2.45) is 27.3 Å². The van der Waals surface area contributed by atoms with Gasteiger partial charge in [-0.1, -0.05) is 79.1 Å². The summed E-state index contributed by atoms with van der Waals surface area (Å²) in [7, 11) is -3.23. The number of ketones is 1. The fraction of sp³-hybridized carbons (Fsp3) is 0.561. The van der Waals surface area contributed by atoms with Gasteiger partial charge in [-0.2, -0.15) is 22.6 Å². The van der Waals surface area contributed by atoms with Crippen molar-refractivity contribution in [1.82, 2.24) is 19.7 Å². The molecule has 2 aromatic carbocycles. The molecule has 0 bridgehead atoms. The van der Waals surface area contributed by atoms with Crippen LogP contribution in [0.2, 0.25) is 19.6 Å². The molecule has 3 aromatic heterocycles. The molecule has 3 aliphatic rings. The minimum absolute atomic E-state index is 0. The number of nitrogens with zero attached hydrogens (tertiary/aromatic N) is 5. The Hall–Kier alpha value is -3.48. The van der Waals surface area contributed by atoms with E-state index in [0.717, 1.165) is 89.0 Å². The van der Waals surface area contributed by atoms with Crippen LogP contribution in [-0.4, -0.2) is 91.7 Å². The number of hydrogen-bond donors (Lipinski definition) is 3. The molecule has 86 heavy (non-hydrogen) atoms. The van der Waals surface area contributed by atoms with Crippen LogP contribution in [-0.2, 0) is 38.5 Å². The number of Topliss-reactive ketones (excluding diaryl/α,β-unsaturated/α-hetero) is 1. The molecule has 3 aliphatic carbocycles. The van der Waals surface area contributed by atoms with E-state index in [1.54, 1.807) is 42.9 Å². The Kier molecular flexibility index (Phi) is 35.5. The molecular weight excluding hydrogens is 1240 g/mol. The minimum Gasteiger partial charge on any atom is -1.00 e. The predicted octanol–water partition coefficient (Wildman–Crippen LogP) is 16.1. The zero-order valence-electron chi connectivity index (χ0n) is 54.0. The van der Waals surface area contributed by atoms with Crippen LogP contribution in [0.15, 0.2) is 95.8 Å². The molecule has 20 heteroatoms. The SMILES string of the molecule is Br.C.C.CC(C)(C)[S@](N)=O.CN(c1c[c-]ccc1F)[Si](C)(C)C.Cc1cc(C(=O)CCC2CC2)ccn1.Cc1cc(C(CCC2CC2)(NS(=O)C(C)(C)C)c2ccc(F)c(N)c2)ccn1.Cc1cc(C(CCC2CC2)=NS(=O)C(C)(C)C)ccn1.[H-].[Mg+2]. The molecule has 0 spiro atoms. The number of halogens is 3. The van der Waals surface area contributed by atoms with Crippen molar-refractivity contribution in [3.63, 3.8) is 0 Å². The third kappa shape index (κ3) is 29.0. The number of nitrogens with two attached hydrogens (primary N) is 2. The van der Waals surface area contributed by atoms with Crippen molar-refractivity contribution < 1.29 is 27.6 Å². The summed E-state index contributed by atoms with van der Waals surface area (Å²) in [6.45, 7) is 29.6. The van der Waals surface area contributed by atoms with E-state index in [2.05, 4.69) is 49.8 Å². The summed E-state index contributed by atoms with van der Waals surface area (Å²) < 4.78 is 72.1. The summed E-state index contributed by atoms with van der Waals surface area (Å²) in [6.07, 6.45) is 18.7. The van der Waals surface area contributed by atoms with Crippen LogP contribution in [0.5, 0.6) is 0 Å². The van der Waals surface area contributed by atoms with E-state index in [9.17, 15) is 26.2 Å². The van der Waals surface area contributed by atoms with E-state index >= 15 is 0 Å². The van der Waals surface area contributed by atoms with Crippen LogP contribution in [0.4, 0.5) is 20.2 Å². The first-order chi connectivity index (χ1) is 38.1. The molecule has 12 nitrogen and oxygen atoms in total. The van der Waals surface area contributed by atoms with Crippen molar-refractivity contribution in [3.05, 3.63) is 148 Å². The normalized spacial score (nSPS) is 15.6.